The van der Waals surface area contributed by atoms with E-state index in [0.29, 0.717) is 18.0 Å². The molecule has 0 aromatic heterocycles. The summed E-state index contributed by atoms with van der Waals surface area (Å²) in [4.78, 5) is 12.5. The van der Waals surface area contributed by atoms with Gasteiger partial charge < -0.3 is 14.8 Å². The van der Waals surface area contributed by atoms with Crippen molar-refractivity contribution in [3.63, 3.8) is 0 Å². The van der Waals surface area contributed by atoms with Gasteiger partial charge >= 0.3 is 0 Å². The lowest BCUT2D eigenvalue weighted by molar-refractivity contribution is -0.126. The van der Waals surface area contributed by atoms with E-state index in [1.54, 1.807) is 0 Å². The summed E-state index contributed by atoms with van der Waals surface area (Å²) in [5.74, 6) is 0.446. The summed E-state index contributed by atoms with van der Waals surface area (Å²) >= 11 is 0. The van der Waals surface area contributed by atoms with Gasteiger partial charge in [-0.05, 0) is 24.1 Å². The Morgan fingerprint density at radius 3 is 2.45 bits per heavy atom. The fraction of sp³-hybridized carbons (Fsp3) is 0.278. The Morgan fingerprint density at radius 1 is 1.09 bits per heavy atom. The summed E-state index contributed by atoms with van der Waals surface area (Å²) in [6.45, 7) is 2.65. The topological polar surface area (TPSA) is 47.6 Å². The summed E-state index contributed by atoms with van der Waals surface area (Å²) in [7, 11) is 1.52. The first kappa shape index (κ1) is 16.0. The second-order valence-corrected chi connectivity index (χ2v) is 4.86. The second kappa shape index (κ2) is 8.20. The maximum atomic E-state index is 12.5. The molecule has 4 heteroatoms. The molecule has 22 heavy (non-hydrogen) atoms. The van der Waals surface area contributed by atoms with Crippen molar-refractivity contribution in [2.45, 2.75) is 19.4 Å². The second-order valence-electron chi connectivity index (χ2n) is 4.86. The summed E-state index contributed by atoms with van der Waals surface area (Å²) in [5.41, 5.74) is 1.47. The number of hydrogen-bond acceptors (Lipinski definition) is 3. The molecule has 2 aromatic rings. The molecular weight excluding hydrogens is 278 g/mol. The number of carbonyl (C=O) groups is 1. The number of anilines is 1. The molecule has 1 N–H and O–H groups in total. The number of nitrogens with one attached hydrogen (secondary N) is 1. The average Bonchev–Trinajstić information content (AvgIpc) is 2.56. The maximum absolute atomic E-state index is 12.5. The predicted molar refractivity (Wildman–Crippen MR) is 87.0 cm³/mol. The molecule has 2 aromatic carbocycles. The number of ether oxygens (including phenoxy) is 2. The van der Waals surface area contributed by atoms with Crippen molar-refractivity contribution in [1.29, 1.82) is 0 Å². The van der Waals surface area contributed by atoms with Crippen LogP contribution in [0.1, 0.15) is 25.0 Å². The van der Waals surface area contributed by atoms with E-state index in [1.807, 2.05) is 61.5 Å². The molecule has 0 saturated carbocycles. The molecule has 0 aliphatic carbocycles. The van der Waals surface area contributed by atoms with E-state index in [2.05, 4.69) is 5.32 Å². The summed E-state index contributed by atoms with van der Waals surface area (Å²) in [6, 6.07) is 16.8. The zero-order chi connectivity index (χ0) is 15.8. The highest BCUT2D eigenvalue weighted by molar-refractivity contribution is 5.96. The van der Waals surface area contributed by atoms with Crippen molar-refractivity contribution in [2.75, 3.05) is 19.0 Å². The lowest BCUT2D eigenvalue weighted by Crippen LogP contribution is -2.22. The van der Waals surface area contributed by atoms with Gasteiger partial charge in [0.2, 0.25) is 0 Å². The highest BCUT2D eigenvalue weighted by Crippen LogP contribution is 2.26. The Balaban J connectivity index is 2.14. The molecule has 0 spiro atoms. The van der Waals surface area contributed by atoms with Gasteiger partial charge in [-0.3, -0.25) is 4.79 Å². The predicted octanol–water partition coefficient (Wildman–Crippen LogP) is 3.80. The number of benzene rings is 2. The molecule has 1 unspecified atom stereocenters. The van der Waals surface area contributed by atoms with Gasteiger partial charge in [-0.25, -0.2) is 0 Å². The molecule has 1 amide bonds. The van der Waals surface area contributed by atoms with Crippen LogP contribution in [-0.4, -0.2) is 19.6 Å². The van der Waals surface area contributed by atoms with Gasteiger partial charge in [0.05, 0.1) is 12.3 Å². The molecule has 0 saturated heterocycles. The highest BCUT2D eigenvalue weighted by Gasteiger charge is 2.20. The van der Waals surface area contributed by atoms with Crippen LogP contribution < -0.4 is 10.1 Å². The third-order valence-electron chi connectivity index (χ3n) is 3.18. The molecule has 0 aliphatic rings. The van der Waals surface area contributed by atoms with Crippen LogP contribution in [0, 0.1) is 0 Å². The number of amides is 1. The van der Waals surface area contributed by atoms with E-state index < -0.39 is 6.10 Å². The van der Waals surface area contributed by atoms with Gasteiger partial charge in [-0.2, -0.15) is 0 Å². The van der Waals surface area contributed by atoms with Gasteiger partial charge in [-0.15, -0.1) is 0 Å². The fourth-order valence-corrected chi connectivity index (χ4v) is 2.13. The Kier molecular flexibility index (Phi) is 5.98. The van der Waals surface area contributed by atoms with Gasteiger partial charge in [0.15, 0.2) is 6.10 Å². The van der Waals surface area contributed by atoms with E-state index >= 15 is 0 Å². The van der Waals surface area contributed by atoms with Gasteiger partial charge in [0.1, 0.15) is 5.75 Å². The summed E-state index contributed by atoms with van der Waals surface area (Å²) in [6.07, 6.45) is 0.257. The zero-order valence-electron chi connectivity index (χ0n) is 12.9. The Morgan fingerprint density at radius 2 is 1.77 bits per heavy atom. The van der Waals surface area contributed by atoms with E-state index in [0.717, 1.165) is 12.0 Å². The molecule has 0 bridgehead atoms. The summed E-state index contributed by atoms with van der Waals surface area (Å²) in [5, 5.41) is 2.88. The molecule has 4 nitrogen and oxygen atoms in total. The normalized spacial score (nSPS) is 11.7. The molecule has 0 fully saturated rings. The van der Waals surface area contributed by atoms with Crippen LogP contribution in [-0.2, 0) is 9.53 Å². The van der Waals surface area contributed by atoms with Crippen molar-refractivity contribution >= 4 is 11.6 Å². The van der Waals surface area contributed by atoms with E-state index in [1.165, 1.54) is 7.11 Å². The smallest absolute Gasteiger partial charge is 0.258 e. The molecule has 0 aliphatic heterocycles. The summed E-state index contributed by atoms with van der Waals surface area (Å²) < 4.78 is 11.0. The lowest BCUT2D eigenvalue weighted by atomic mass is 10.1. The SMILES string of the molecule is CCCOc1ccccc1NC(=O)C(OC)c1ccccc1. The first-order chi connectivity index (χ1) is 10.8. The third-order valence-corrected chi connectivity index (χ3v) is 3.18. The zero-order valence-corrected chi connectivity index (χ0v) is 12.9. The Labute approximate surface area is 131 Å². The number of hydrogen-bond donors (Lipinski definition) is 1. The number of carbonyl (C=O) groups excluding carboxylic acids is 1. The number of methoxy groups -OCH3 is 1. The van der Waals surface area contributed by atoms with Crippen LogP contribution in [0.2, 0.25) is 0 Å². The Hall–Kier alpha value is -2.33. The van der Waals surface area contributed by atoms with Crippen LogP contribution in [0.5, 0.6) is 5.75 Å². The lowest BCUT2D eigenvalue weighted by Gasteiger charge is -2.17. The maximum Gasteiger partial charge on any atom is 0.258 e. The largest absolute Gasteiger partial charge is 0.491 e. The van der Waals surface area contributed by atoms with Crippen LogP contribution in [0.4, 0.5) is 5.69 Å². The minimum absolute atomic E-state index is 0.221. The van der Waals surface area contributed by atoms with Crippen molar-refractivity contribution < 1.29 is 14.3 Å². The van der Waals surface area contributed by atoms with Crippen molar-refractivity contribution in [3.8, 4) is 5.75 Å². The first-order valence-corrected chi connectivity index (χ1v) is 7.36. The minimum atomic E-state index is -0.652. The van der Waals surface area contributed by atoms with Crippen LogP contribution in [0.15, 0.2) is 54.6 Å². The van der Waals surface area contributed by atoms with Crippen LogP contribution in [0.25, 0.3) is 0 Å². The van der Waals surface area contributed by atoms with Crippen LogP contribution >= 0.6 is 0 Å². The van der Waals surface area contributed by atoms with Crippen molar-refractivity contribution in [1.82, 2.24) is 0 Å². The van der Waals surface area contributed by atoms with Crippen molar-refractivity contribution in [2.24, 2.45) is 0 Å². The standard InChI is InChI=1S/C18H21NO3/c1-3-13-22-16-12-8-7-11-15(16)19-18(20)17(21-2)14-9-5-4-6-10-14/h4-12,17H,3,13H2,1-2H3,(H,19,20). The van der Waals surface area contributed by atoms with Gasteiger partial charge in [-0.1, -0.05) is 49.4 Å². The number of para-hydroxylation sites is 2. The van der Waals surface area contributed by atoms with Gasteiger partial charge in [0, 0.05) is 7.11 Å². The fourth-order valence-electron chi connectivity index (χ4n) is 2.13. The van der Waals surface area contributed by atoms with Gasteiger partial charge in [0.25, 0.3) is 5.91 Å². The molecule has 116 valence electrons. The molecular formula is C18H21NO3. The monoisotopic (exact) mass is 299 g/mol. The minimum Gasteiger partial charge on any atom is -0.491 e. The van der Waals surface area contributed by atoms with Crippen LogP contribution in [0.3, 0.4) is 0 Å². The van der Waals surface area contributed by atoms with E-state index in [9.17, 15) is 4.79 Å². The third kappa shape index (κ3) is 4.09. The van der Waals surface area contributed by atoms with Crippen molar-refractivity contribution in [3.05, 3.63) is 60.2 Å². The van der Waals surface area contributed by atoms with E-state index in [4.69, 9.17) is 9.47 Å². The van der Waals surface area contributed by atoms with E-state index in [-0.39, 0.29) is 5.91 Å². The first-order valence-electron chi connectivity index (χ1n) is 7.36. The quantitative estimate of drug-likeness (QED) is 0.846. The molecule has 0 radical (unpaired) electrons. The number of rotatable bonds is 7. The molecule has 1 atom stereocenters. The highest BCUT2D eigenvalue weighted by atomic mass is 16.5. The molecule has 0 heterocycles. The average molecular weight is 299 g/mol. The Bertz CT molecular complexity index is 598. The molecule has 2 rings (SSSR count).